The second-order valence-electron chi connectivity index (χ2n) is 7.61. The third-order valence-corrected chi connectivity index (χ3v) is 5.71. The molecule has 1 aliphatic heterocycles. The topological polar surface area (TPSA) is 90.0 Å². The van der Waals surface area contributed by atoms with Crippen molar-refractivity contribution < 1.29 is 4.79 Å². The fourth-order valence-electron chi connectivity index (χ4n) is 4.03. The van der Waals surface area contributed by atoms with Crippen molar-refractivity contribution in [3.05, 3.63) is 42.2 Å². The monoisotopic (exact) mass is 407 g/mol. The molecule has 1 amide bonds. The number of rotatable bonds is 7. The van der Waals surface area contributed by atoms with Gasteiger partial charge in [0.15, 0.2) is 11.5 Å². The number of nitrogens with one attached hydrogen (secondary N) is 2. The van der Waals surface area contributed by atoms with Crippen molar-refractivity contribution in [1.82, 2.24) is 24.8 Å². The van der Waals surface area contributed by atoms with E-state index in [4.69, 9.17) is 4.98 Å². The van der Waals surface area contributed by atoms with Gasteiger partial charge in [-0.05, 0) is 32.3 Å². The van der Waals surface area contributed by atoms with Gasteiger partial charge in [0, 0.05) is 32.7 Å². The molecule has 0 spiro atoms. The highest BCUT2D eigenvalue weighted by atomic mass is 16.2. The largest absolute Gasteiger partial charge is 0.364 e. The summed E-state index contributed by atoms with van der Waals surface area (Å²) in [5.74, 6) is 1.57. The number of hydrogen-bond acceptors (Lipinski definition) is 6. The molecule has 30 heavy (non-hydrogen) atoms. The van der Waals surface area contributed by atoms with E-state index in [1.54, 1.807) is 6.33 Å². The summed E-state index contributed by atoms with van der Waals surface area (Å²) in [5, 5.41) is 3.42. The highest BCUT2D eigenvalue weighted by Gasteiger charge is 2.30. The van der Waals surface area contributed by atoms with Crippen LogP contribution in [0.25, 0.3) is 11.2 Å². The zero-order valence-electron chi connectivity index (χ0n) is 17.6. The number of carbonyl (C=O) groups is 1. The molecule has 1 fully saturated rings. The van der Waals surface area contributed by atoms with Crippen LogP contribution in [0.1, 0.15) is 32.3 Å². The Balaban J connectivity index is 1.55. The second kappa shape index (κ2) is 9.11. The van der Waals surface area contributed by atoms with Crippen LogP contribution in [-0.4, -0.2) is 56.9 Å². The van der Waals surface area contributed by atoms with Crippen molar-refractivity contribution in [2.45, 2.75) is 33.2 Å². The lowest BCUT2D eigenvalue weighted by atomic mass is 9.96. The van der Waals surface area contributed by atoms with Gasteiger partial charge in [-0.3, -0.25) is 4.79 Å². The van der Waals surface area contributed by atoms with Crippen molar-refractivity contribution in [3.8, 4) is 0 Å². The highest BCUT2D eigenvalue weighted by molar-refractivity contribution is 5.84. The molecule has 0 bridgehead atoms. The van der Waals surface area contributed by atoms with E-state index in [0.717, 1.165) is 43.8 Å². The van der Waals surface area contributed by atoms with Crippen LogP contribution in [0.3, 0.4) is 0 Å². The highest BCUT2D eigenvalue weighted by Crippen LogP contribution is 2.26. The summed E-state index contributed by atoms with van der Waals surface area (Å²) in [6, 6.07) is 10.2. The van der Waals surface area contributed by atoms with Crippen molar-refractivity contribution in [2.24, 2.45) is 5.92 Å². The van der Waals surface area contributed by atoms with E-state index in [9.17, 15) is 4.79 Å². The van der Waals surface area contributed by atoms with Crippen LogP contribution in [0.15, 0.2) is 36.7 Å². The molecule has 1 unspecified atom stereocenters. The summed E-state index contributed by atoms with van der Waals surface area (Å²) in [5.41, 5.74) is 2.60. The first kappa shape index (κ1) is 20.1. The summed E-state index contributed by atoms with van der Waals surface area (Å²) in [4.78, 5) is 33.8. The van der Waals surface area contributed by atoms with Crippen LogP contribution in [0, 0.1) is 5.92 Å². The molecule has 1 atom stereocenters. The van der Waals surface area contributed by atoms with E-state index in [2.05, 4.69) is 37.3 Å². The molecule has 158 valence electrons. The standard InChI is InChI=1S/C22H29N7O/c1-3-28(4-2)21(30)17-11-8-12-29(14-17)22-26-19(18-20(27-22)25-15-24-18)23-13-16-9-6-5-7-10-16/h5-7,9-10,15,17H,3-4,8,11-14H2,1-2H3,(H2,23,24,25,26,27). The van der Waals surface area contributed by atoms with Gasteiger partial charge in [0.2, 0.25) is 11.9 Å². The van der Waals surface area contributed by atoms with E-state index in [-0.39, 0.29) is 11.8 Å². The Morgan fingerprint density at radius 2 is 2.03 bits per heavy atom. The number of anilines is 2. The van der Waals surface area contributed by atoms with Crippen LogP contribution in [0.4, 0.5) is 11.8 Å². The zero-order valence-corrected chi connectivity index (χ0v) is 17.6. The first-order valence-electron chi connectivity index (χ1n) is 10.7. The molecule has 1 aliphatic rings. The number of aromatic amines is 1. The maximum atomic E-state index is 12.9. The molecule has 1 saturated heterocycles. The number of benzene rings is 1. The molecular weight excluding hydrogens is 378 g/mol. The van der Waals surface area contributed by atoms with Crippen LogP contribution in [0.2, 0.25) is 0 Å². The molecule has 3 heterocycles. The van der Waals surface area contributed by atoms with Gasteiger partial charge in [0.25, 0.3) is 0 Å². The van der Waals surface area contributed by atoms with Crippen LogP contribution < -0.4 is 10.2 Å². The Bertz CT molecular complexity index is 984. The number of piperidine rings is 1. The number of nitrogens with zero attached hydrogens (tertiary/aromatic N) is 5. The van der Waals surface area contributed by atoms with Gasteiger partial charge >= 0.3 is 0 Å². The predicted molar refractivity (Wildman–Crippen MR) is 118 cm³/mol. The number of fused-ring (bicyclic) bond motifs is 1. The lowest BCUT2D eigenvalue weighted by Gasteiger charge is -2.34. The molecule has 0 aliphatic carbocycles. The molecule has 2 N–H and O–H groups in total. The molecule has 1 aromatic carbocycles. The summed E-state index contributed by atoms with van der Waals surface area (Å²) in [7, 11) is 0. The lowest BCUT2D eigenvalue weighted by molar-refractivity contribution is -0.135. The number of H-pyrrole nitrogens is 1. The van der Waals surface area contributed by atoms with E-state index < -0.39 is 0 Å². The van der Waals surface area contributed by atoms with E-state index in [1.165, 1.54) is 5.56 Å². The second-order valence-corrected chi connectivity index (χ2v) is 7.61. The number of hydrogen-bond donors (Lipinski definition) is 2. The molecule has 3 aromatic rings. The summed E-state index contributed by atoms with van der Waals surface area (Å²) < 4.78 is 0. The lowest BCUT2D eigenvalue weighted by Crippen LogP contribution is -2.45. The van der Waals surface area contributed by atoms with Gasteiger partial charge < -0.3 is 20.1 Å². The van der Waals surface area contributed by atoms with E-state index in [1.807, 2.05) is 36.9 Å². The maximum Gasteiger partial charge on any atom is 0.229 e. The molecular formula is C22H29N7O. The summed E-state index contributed by atoms with van der Waals surface area (Å²) in [6.45, 7) is 7.70. The van der Waals surface area contributed by atoms with Crippen molar-refractivity contribution >= 4 is 28.8 Å². The Morgan fingerprint density at radius 3 is 2.80 bits per heavy atom. The Morgan fingerprint density at radius 1 is 1.23 bits per heavy atom. The third-order valence-electron chi connectivity index (χ3n) is 5.71. The van der Waals surface area contributed by atoms with Crippen molar-refractivity contribution in [2.75, 3.05) is 36.4 Å². The van der Waals surface area contributed by atoms with Crippen LogP contribution in [0.5, 0.6) is 0 Å². The number of aromatic nitrogens is 4. The minimum absolute atomic E-state index is 0.0159. The van der Waals surface area contributed by atoms with Gasteiger partial charge in [0.05, 0.1) is 12.2 Å². The third kappa shape index (κ3) is 4.22. The fourth-order valence-corrected chi connectivity index (χ4v) is 4.03. The van der Waals surface area contributed by atoms with Gasteiger partial charge in [0.1, 0.15) is 5.52 Å². The zero-order chi connectivity index (χ0) is 20.9. The number of amides is 1. The smallest absolute Gasteiger partial charge is 0.229 e. The SMILES string of the molecule is CCN(CC)C(=O)C1CCCN(c2nc(NCc3ccccc3)c3[nH]cnc3n2)C1. The van der Waals surface area contributed by atoms with Gasteiger partial charge in [-0.2, -0.15) is 9.97 Å². The Labute approximate surface area is 176 Å². The number of carbonyl (C=O) groups excluding carboxylic acids is 1. The van der Waals surface area contributed by atoms with Gasteiger partial charge in [-0.15, -0.1) is 0 Å². The molecule has 8 heteroatoms. The maximum absolute atomic E-state index is 12.9. The molecule has 4 rings (SSSR count). The van der Waals surface area contributed by atoms with E-state index in [0.29, 0.717) is 24.7 Å². The first-order valence-corrected chi connectivity index (χ1v) is 10.7. The number of imidazole rings is 1. The van der Waals surface area contributed by atoms with Crippen molar-refractivity contribution in [3.63, 3.8) is 0 Å². The van der Waals surface area contributed by atoms with Gasteiger partial charge in [-0.25, -0.2) is 4.98 Å². The van der Waals surface area contributed by atoms with Crippen LogP contribution >= 0.6 is 0 Å². The molecule has 8 nitrogen and oxygen atoms in total. The molecule has 0 saturated carbocycles. The van der Waals surface area contributed by atoms with Crippen molar-refractivity contribution in [1.29, 1.82) is 0 Å². The van der Waals surface area contributed by atoms with Crippen LogP contribution in [-0.2, 0) is 11.3 Å². The molecule has 2 aromatic heterocycles. The van der Waals surface area contributed by atoms with Gasteiger partial charge in [-0.1, -0.05) is 30.3 Å². The minimum atomic E-state index is -0.0159. The summed E-state index contributed by atoms with van der Waals surface area (Å²) >= 11 is 0. The average Bonchev–Trinajstić information content (AvgIpc) is 3.28. The molecule has 0 radical (unpaired) electrons. The van der Waals surface area contributed by atoms with E-state index >= 15 is 0 Å². The average molecular weight is 408 g/mol. The quantitative estimate of drug-likeness (QED) is 0.626. The Kier molecular flexibility index (Phi) is 6.11. The minimum Gasteiger partial charge on any atom is -0.364 e. The predicted octanol–water partition coefficient (Wildman–Crippen LogP) is 3.05. The Hall–Kier alpha value is -3.16. The normalized spacial score (nSPS) is 16.6. The first-order chi connectivity index (χ1) is 14.7. The summed E-state index contributed by atoms with van der Waals surface area (Å²) in [6.07, 6.45) is 3.50. The fraction of sp³-hybridized carbons (Fsp3) is 0.455.